The SMILES string of the molecule is C[C@H](CO)SC[C@H](NC(=O)OC(C)(C)C)C(=O)OC(C)(C)C. The molecule has 6 nitrogen and oxygen atoms in total. The number of amides is 1. The highest BCUT2D eigenvalue weighted by molar-refractivity contribution is 7.99. The Morgan fingerprint density at radius 1 is 1.09 bits per heavy atom. The molecule has 2 atom stereocenters. The Balaban J connectivity index is 4.78. The van der Waals surface area contributed by atoms with Crippen LogP contribution in [0.4, 0.5) is 4.79 Å². The van der Waals surface area contributed by atoms with Crippen molar-refractivity contribution in [2.24, 2.45) is 0 Å². The average molecular weight is 335 g/mol. The van der Waals surface area contributed by atoms with Crippen LogP contribution < -0.4 is 5.32 Å². The Morgan fingerprint density at radius 3 is 2.00 bits per heavy atom. The Kier molecular flexibility index (Phi) is 8.25. The van der Waals surface area contributed by atoms with Gasteiger partial charge in [-0.3, -0.25) is 0 Å². The van der Waals surface area contributed by atoms with Crippen LogP contribution in [0.1, 0.15) is 48.5 Å². The number of ether oxygens (including phenoxy) is 2. The summed E-state index contributed by atoms with van der Waals surface area (Å²) in [5.41, 5.74) is -1.29. The van der Waals surface area contributed by atoms with Gasteiger partial charge in [0.2, 0.25) is 0 Å². The molecule has 0 radical (unpaired) electrons. The van der Waals surface area contributed by atoms with Crippen LogP contribution in [-0.4, -0.2) is 52.0 Å². The van der Waals surface area contributed by atoms with E-state index >= 15 is 0 Å². The van der Waals surface area contributed by atoms with E-state index in [9.17, 15) is 9.59 Å². The number of alkyl carbamates (subject to hydrolysis) is 1. The summed E-state index contributed by atoms with van der Waals surface area (Å²) in [5.74, 6) is -0.216. The first-order valence-corrected chi connectivity index (χ1v) is 8.34. The molecule has 0 aromatic carbocycles. The zero-order valence-corrected chi connectivity index (χ0v) is 15.4. The van der Waals surface area contributed by atoms with E-state index < -0.39 is 29.3 Å². The summed E-state index contributed by atoms with van der Waals surface area (Å²) >= 11 is 1.38. The van der Waals surface area contributed by atoms with Crippen LogP contribution in [0.25, 0.3) is 0 Å². The Morgan fingerprint density at radius 2 is 1.59 bits per heavy atom. The van der Waals surface area contributed by atoms with Crippen molar-refractivity contribution >= 4 is 23.8 Å². The lowest BCUT2D eigenvalue weighted by atomic mass is 10.2. The minimum atomic E-state index is -0.826. The number of nitrogens with one attached hydrogen (secondary N) is 1. The molecule has 0 saturated carbocycles. The number of carbonyl (C=O) groups is 2. The number of carbonyl (C=O) groups excluding carboxylic acids is 2. The molecule has 130 valence electrons. The van der Waals surface area contributed by atoms with Crippen LogP contribution in [0.5, 0.6) is 0 Å². The van der Waals surface area contributed by atoms with E-state index in [2.05, 4.69) is 5.32 Å². The summed E-state index contributed by atoms with van der Waals surface area (Å²) in [7, 11) is 0. The van der Waals surface area contributed by atoms with E-state index in [1.54, 1.807) is 41.5 Å². The smallest absolute Gasteiger partial charge is 0.408 e. The second-order valence-corrected chi connectivity index (χ2v) is 8.53. The molecule has 0 saturated heterocycles. The lowest BCUT2D eigenvalue weighted by Gasteiger charge is -2.26. The fraction of sp³-hybridized carbons (Fsp3) is 0.867. The summed E-state index contributed by atoms with van der Waals surface area (Å²) in [6.45, 7) is 12.4. The third kappa shape index (κ3) is 10.7. The molecule has 0 aromatic heterocycles. The van der Waals surface area contributed by atoms with Crippen LogP contribution >= 0.6 is 11.8 Å². The third-order valence-corrected chi connectivity index (χ3v) is 3.43. The molecule has 0 rings (SSSR count). The molecule has 0 aliphatic rings. The van der Waals surface area contributed by atoms with Crippen molar-refractivity contribution < 1.29 is 24.2 Å². The quantitative estimate of drug-likeness (QED) is 0.725. The maximum atomic E-state index is 12.2. The van der Waals surface area contributed by atoms with E-state index in [1.165, 1.54) is 11.8 Å². The molecule has 0 fully saturated rings. The molecule has 0 heterocycles. The fourth-order valence-corrected chi connectivity index (χ4v) is 2.15. The monoisotopic (exact) mass is 335 g/mol. The number of rotatable bonds is 6. The third-order valence-electron chi connectivity index (χ3n) is 2.19. The van der Waals surface area contributed by atoms with Gasteiger partial charge in [-0.05, 0) is 41.5 Å². The molecule has 2 N–H and O–H groups in total. The lowest BCUT2D eigenvalue weighted by Crippen LogP contribution is -2.47. The molecule has 0 aliphatic heterocycles. The maximum absolute atomic E-state index is 12.2. The van der Waals surface area contributed by atoms with Gasteiger partial charge >= 0.3 is 12.1 Å². The average Bonchev–Trinajstić information content (AvgIpc) is 2.29. The summed E-state index contributed by atoms with van der Waals surface area (Å²) in [4.78, 5) is 24.0. The van der Waals surface area contributed by atoms with E-state index in [0.717, 1.165) is 0 Å². The standard InChI is InChI=1S/C15H29NO5S/c1-10(8-17)22-9-11(12(18)20-14(2,3)4)16-13(19)21-15(5,6)7/h10-11,17H,8-9H2,1-7H3,(H,16,19)/t10-,11+/m1/s1. The first-order valence-electron chi connectivity index (χ1n) is 7.29. The van der Waals surface area contributed by atoms with Gasteiger partial charge in [-0.15, -0.1) is 0 Å². The van der Waals surface area contributed by atoms with Crippen LogP contribution in [0.15, 0.2) is 0 Å². The molecule has 7 heteroatoms. The van der Waals surface area contributed by atoms with Crippen molar-refractivity contribution in [3.05, 3.63) is 0 Å². The van der Waals surface area contributed by atoms with Crippen LogP contribution in [0.2, 0.25) is 0 Å². The highest BCUT2D eigenvalue weighted by Crippen LogP contribution is 2.15. The molecule has 1 amide bonds. The van der Waals surface area contributed by atoms with E-state index in [-0.39, 0.29) is 11.9 Å². The number of aliphatic hydroxyl groups is 1. The second-order valence-electron chi connectivity index (χ2n) is 7.06. The van der Waals surface area contributed by atoms with Crippen molar-refractivity contribution in [2.45, 2.75) is 71.0 Å². The van der Waals surface area contributed by atoms with E-state index in [0.29, 0.717) is 5.75 Å². The first kappa shape index (κ1) is 21.0. The largest absolute Gasteiger partial charge is 0.458 e. The second kappa shape index (κ2) is 8.62. The molecule has 22 heavy (non-hydrogen) atoms. The topological polar surface area (TPSA) is 84.9 Å². The fourth-order valence-electron chi connectivity index (χ4n) is 1.30. The predicted molar refractivity (Wildman–Crippen MR) is 88.0 cm³/mol. The normalized spacial score (nSPS) is 14.9. The zero-order chi connectivity index (χ0) is 17.6. The van der Waals surface area contributed by atoms with Gasteiger partial charge in [0, 0.05) is 11.0 Å². The van der Waals surface area contributed by atoms with Gasteiger partial charge in [-0.1, -0.05) is 6.92 Å². The summed E-state index contributed by atoms with van der Waals surface area (Å²) < 4.78 is 10.5. The van der Waals surface area contributed by atoms with Gasteiger partial charge in [-0.25, -0.2) is 9.59 Å². The number of aliphatic hydroxyl groups excluding tert-OH is 1. The van der Waals surface area contributed by atoms with Gasteiger partial charge in [0.1, 0.15) is 17.2 Å². The van der Waals surface area contributed by atoms with Crippen LogP contribution in [-0.2, 0) is 14.3 Å². The molecule has 0 spiro atoms. The van der Waals surface area contributed by atoms with Crippen molar-refractivity contribution in [3.63, 3.8) is 0 Å². The maximum Gasteiger partial charge on any atom is 0.408 e. The lowest BCUT2D eigenvalue weighted by molar-refractivity contribution is -0.156. The van der Waals surface area contributed by atoms with Gasteiger partial charge in [0.15, 0.2) is 0 Å². The van der Waals surface area contributed by atoms with Crippen molar-refractivity contribution in [3.8, 4) is 0 Å². The molecule has 0 aromatic rings. The molecular weight excluding hydrogens is 306 g/mol. The van der Waals surface area contributed by atoms with E-state index in [4.69, 9.17) is 14.6 Å². The molecule has 0 unspecified atom stereocenters. The first-order chi connectivity index (χ1) is 9.84. The molecular formula is C15H29NO5S. The van der Waals surface area contributed by atoms with Crippen LogP contribution in [0, 0.1) is 0 Å². The zero-order valence-electron chi connectivity index (χ0n) is 14.6. The Labute approximate surface area is 137 Å². The van der Waals surface area contributed by atoms with Gasteiger partial charge < -0.3 is 19.9 Å². The number of thioether (sulfide) groups is 1. The summed E-state index contributed by atoms with van der Waals surface area (Å²) in [6, 6.07) is -0.826. The van der Waals surface area contributed by atoms with Crippen molar-refractivity contribution in [1.29, 1.82) is 0 Å². The van der Waals surface area contributed by atoms with Crippen LogP contribution in [0.3, 0.4) is 0 Å². The van der Waals surface area contributed by atoms with Gasteiger partial charge in [0.05, 0.1) is 6.61 Å². The predicted octanol–water partition coefficient (Wildman–Crippen LogP) is 2.34. The van der Waals surface area contributed by atoms with E-state index in [1.807, 2.05) is 6.92 Å². The summed E-state index contributed by atoms with van der Waals surface area (Å²) in [6.07, 6.45) is -0.666. The van der Waals surface area contributed by atoms with Gasteiger partial charge in [0.25, 0.3) is 0 Å². The number of hydrogen-bond acceptors (Lipinski definition) is 6. The van der Waals surface area contributed by atoms with Crippen molar-refractivity contribution in [1.82, 2.24) is 5.32 Å². The summed E-state index contributed by atoms with van der Waals surface area (Å²) in [5, 5.41) is 11.6. The number of hydrogen-bond donors (Lipinski definition) is 2. The molecule has 0 bridgehead atoms. The molecule has 0 aliphatic carbocycles. The van der Waals surface area contributed by atoms with Crippen molar-refractivity contribution in [2.75, 3.05) is 12.4 Å². The Bertz CT molecular complexity index is 373. The van der Waals surface area contributed by atoms with Gasteiger partial charge in [-0.2, -0.15) is 11.8 Å². The Hall–Kier alpha value is -0.950. The highest BCUT2D eigenvalue weighted by Gasteiger charge is 2.29. The minimum Gasteiger partial charge on any atom is -0.458 e. The number of esters is 1. The highest BCUT2D eigenvalue weighted by atomic mass is 32.2. The minimum absolute atomic E-state index is 0.00184.